The molecule has 0 saturated carbocycles. The molecule has 6 nitrogen and oxygen atoms in total. The van der Waals surface area contributed by atoms with Gasteiger partial charge in [-0.15, -0.1) is 0 Å². The summed E-state index contributed by atoms with van der Waals surface area (Å²) in [6.07, 6.45) is 0. The molecule has 1 saturated heterocycles. The van der Waals surface area contributed by atoms with Gasteiger partial charge in [-0.3, -0.25) is 9.59 Å². The molecule has 0 aliphatic carbocycles. The Morgan fingerprint density at radius 1 is 1.04 bits per heavy atom. The van der Waals surface area contributed by atoms with E-state index >= 15 is 0 Å². The molecule has 2 heterocycles. The topological polar surface area (TPSA) is 71.5 Å². The van der Waals surface area contributed by atoms with E-state index in [2.05, 4.69) is 10.3 Å². The zero-order valence-electron chi connectivity index (χ0n) is 15.3. The van der Waals surface area contributed by atoms with E-state index in [0.29, 0.717) is 26.3 Å². The Balaban J connectivity index is 1.79. The normalized spacial score (nSPS) is 14.2. The van der Waals surface area contributed by atoms with Gasteiger partial charge in [-0.2, -0.15) is 0 Å². The van der Waals surface area contributed by atoms with Gasteiger partial charge < -0.3 is 15.0 Å². The summed E-state index contributed by atoms with van der Waals surface area (Å²) in [6, 6.07) is 8.98. The van der Waals surface area contributed by atoms with Crippen LogP contribution in [0.1, 0.15) is 37.7 Å². The van der Waals surface area contributed by atoms with Crippen molar-refractivity contribution < 1.29 is 14.3 Å². The lowest BCUT2D eigenvalue weighted by Crippen LogP contribution is -2.41. The van der Waals surface area contributed by atoms with Crippen molar-refractivity contribution in [1.29, 1.82) is 0 Å². The molecule has 0 atom stereocenters. The Kier molecular flexibility index (Phi) is 5.32. The number of anilines is 1. The number of hydrogen-bond acceptors (Lipinski definition) is 4. The summed E-state index contributed by atoms with van der Waals surface area (Å²) in [4.78, 5) is 31.2. The van der Waals surface area contributed by atoms with Crippen molar-refractivity contribution in [2.75, 3.05) is 31.6 Å². The second-order valence-corrected chi connectivity index (χ2v) is 6.54. The van der Waals surface area contributed by atoms with Crippen LogP contribution in [0.15, 0.2) is 30.3 Å². The van der Waals surface area contributed by atoms with Gasteiger partial charge in [0.15, 0.2) is 0 Å². The second-order valence-electron chi connectivity index (χ2n) is 6.54. The Hall–Kier alpha value is -2.73. The smallest absolute Gasteiger partial charge is 0.274 e. The van der Waals surface area contributed by atoms with E-state index < -0.39 is 0 Å². The highest BCUT2D eigenvalue weighted by atomic mass is 16.5. The fourth-order valence-electron chi connectivity index (χ4n) is 3.16. The number of rotatable bonds is 3. The van der Waals surface area contributed by atoms with Gasteiger partial charge in [0, 0.05) is 18.8 Å². The van der Waals surface area contributed by atoms with Crippen molar-refractivity contribution in [2.24, 2.45) is 0 Å². The zero-order valence-corrected chi connectivity index (χ0v) is 15.3. The van der Waals surface area contributed by atoms with Crippen LogP contribution in [0.25, 0.3) is 0 Å². The highest BCUT2D eigenvalue weighted by Crippen LogP contribution is 2.22. The summed E-state index contributed by atoms with van der Waals surface area (Å²) in [5.41, 5.74) is 4.43. The van der Waals surface area contributed by atoms with Gasteiger partial charge in [-0.1, -0.05) is 23.8 Å². The number of nitrogens with one attached hydrogen (secondary N) is 1. The highest BCUT2D eigenvalue weighted by molar-refractivity contribution is 6.04. The summed E-state index contributed by atoms with van der Waals surface area (Å²) in [5, 5.41) is 2.92. The first-order valence-electron chi connectivity index (χ1n) is 8.69. The average Bonchev–Trinajstić information content (AvgIpc) is 2.64. The number of hydrogen-bond donors (Lipinski definition) is 1. The molecular weight excluding hydrogens is 330 g/mol. The lowest BCUT2D eigenvalue weighted by molar-refractivity contribution is 0.0299. The molecule has 0 radical (unpaired) electrons. The minimum absolute atomic E-state index is 0.175. The first kappa shape index (κ1) is 18.1. The quantitative estimate of drug-likeness (QED) is 0.921. The maximum Gasteiger partial charge on any atom is 0.274 e. The van der Waals surface area contributed by atoms with Crippen LogP contribution in [-0.2, 0) is 4.74 Å². The molecule has 1 fully saturated rings. The van der Waals surface area contributed by atoms with E-state index in [1.54, 1.807) is 23.1 Å². The SMILES string of the molecule is Cc1cc(C)c(NC(=O)c2cccc(C(=O)N3CCOCC3)n2)c(C)c1. The molecule has 0 bridgehead atoms. The van der Waals surface area contributed by atoms with E-state index in [1.165, 1.54) is 0 Å². The zero-order chi connectivity index (χ0) is 18.7. The molecule has 2 amide bonds. The van der Waals surface area contributed by atoms with Gasteiger partial charge in [0.2, 0.25) is 0 Å². The number of pyridine rings is 1. The average molecular weight is 353 g/mol. The molecule has 1 aromatic heterocycles. The van der Waals surface area contributed by atoms with Crippen molar-refractivity contribution in [3.05, 3.63) is 58.4 Å². The number of aromatic nitrogens is 1. The molecule has 6 heteroatoms. The first-order valence-corrected chi connectivity index (χ1v) is 8.69. The van der Waals surface area contributed by atoms with E-state index in [4.69, 9.17) is 4.74 Å². The molecule has 1 N–H and O–H groups in total. The maximum absolute atomic E-state index is 12.6. The summed E-state index contributed by atoms with van der Waals surface area (Å²) >= 11 is 0. The molecule has 1 aromatic carbocycles. The lowest BCUT2D eigenvalue weighted by Gasteiger charge is -2.26. The Bertz CT molecular complexity index is 819. The van der Waals surface area contributed by atoms with E-state index in [1.807, 2.05) is 32.9 Å². The predicted molar refractivity (Wildman–Crippen MR) is 99.6 cm³/mol. The number of ether oxygens (including phenoxy) is 1. The summed E-state index contributed by atoms with van der Waals surface area (Å²) in [5.74, 6) is -0.498. The van der Waals surface area contributed by atoms with Crippen LogP contribution in [0.5, 0.6) is 0 Å². The van der Waals surface area contributed by atoms with E-state index in [-0.39, 0.29) is 23.2 Å². The Labute approximate surface area is 153 Å². The standard InChI is InChI=1S/C20H23N3O3/c1-13-11-14(2)18(15(3)12-13)22-19(24)16-5-4-6-17(21-16)20(25)23-7-9-26-10-8-23/h4-6,11-12H,7-10H2,1-3H3,(H,22,24). The van der Waals surface area contributed by atoms with Crippen LogP contribution in [0.4, 0.5) is 5.69 Å². The lowest BCUT2D eigenvalue weighted by atomic mass is 10.0. The third-order valence-electron chi connectivity index (χ3n) is 4.41. The number of nitrogens with zero attached hydrogens (tertiary/aromatic N) is 2. The molecule has 2 aromatic rings. The number of amides is 2. The summed E-state index contributed by atoms with van der Waals surface area (Å²) in [7, 11) is 0. The molecule has 136 valence electrons. The van der Waals surface area contributed by atoms with Crippen LogP contribution in [0.3, 0.4) is 0 Å². The minimum Gasteiger partial charge on any atom is -0.378 e. The predicted octanol–water partition coefficient (Wildman–Crippen LogP) is 2.73. The van der Waals surface area contributed by atoms with E-state index in [9.17, 15) is 9.59 Å². The molecular formula is C20H23N3O3. The fraction of sp³-hybridized carbons (Fsp3) is 0.350. The molecule has 0 spiro atoms. The molecule has 0 unspecified atom stereocenters. The molecule has 1 aliphatic rings. The number of carbonyl (C=O) groups is 2. The van der Waals surface area contributed by atoms with Gasteiger partial charge in [-0.25, -0.2) is 4.98 Å². The van der Waals surface area contributed by atoms with Crippen molar-refractivity contribution in [3.63, 3.8) is 0 Å². The largest absolute Gasteiger partial charge is 0.378 e. The van der Waals surface area contributed by atoms with Crippen LogP contribution in [-0.4, -0.2) is 48.0 Å². The fourth-order valence-corrected chi connectivity index (χ4v) is 3.16. The van der Waals surface area contributed by atoms with Crippen molar-refractivity contribution >= 4 is 17.5 Å². The number of morpholine rings is 1. The summed E-state index contributed by atoms with van der Waals surface area (Å²) in [6.45, 7) is 8.07. The van der Waals surface area contributed by atoms with Crippen LogP contribution in [0.2, 0.25) is 0 Å². The second kappa shape index (κ2) is 7.66. The third kappa shape index (κ3) is 3.91. The van der Waals surface area contributed by atoms with Gasteiger partial charge in [0.05, 0.1) is 13.2 Å². The highest BCUT2D eigenvalue weighted by Gasteiger charge is 2.21. The third-order valence-corrected chi connectivity index (χ3v) is 4.41. The Morgan fingerprint density at radius 3 is 2.31 bits per heavy atom. The van der Waals surface area contributed by atoms with Crippen LogP contribution >= 0.6 is 0 Å². The monoisotopic (exact) mass is 353 g/mol. The molecule has 1 aliphatic heterocycles. The number of benzene rings is 1. The van der Waals surface area contributed by atoms with Crippen LogP contribution < -0.4 is 5.32 Å². The van der Waals surface area contributed by atoms with Crippen molar-refractivity contribution in [3.8, 4) is 0 Å². The number of aryl methyl sites for hydroxylation is 3. The molecule has 26 heavy (non-hydrogen) atoms. The van der Waals surface area contributed by atoms with Gasteiger partial charge in [0.25, 0.3) is 11.8 Å². The van der Waals surface area contributed by atoms with Crippen molar-refractivity contribution in [1.82, 2.24) is 9.88 Å². The Morgan fingerprint density at radius 2 is 1.65 bits per heavy atom. The van der Waals surface area contributed by atoms with Crippen molar-refractivity contribution in [2.45, 2.75) is 20.8 Å². The minimum atomic E-state index is -0.323. The first-order chi connectivity index (χ1) is 12.5. The maximum atomic E-state index is 12.6. The summed E-state index contributed by atoms with van der Waals surface area (Å²) < 4.78 is 5.27. The molecule has 3 rings (SSSR count). The van der Waals surface area contributed by atoms with E-state index in [0.717, 1.165) is 22.4 Å². The van der Waals surface area contributed by atoms with Gasteiger partial charge >= 0.3 is 0 Å². The van der Waals surface area contributed by atoms with Gasteiger partial charge in [0.1, 0.15) is 11.4 Å². The number of carbonyl (C=O) groups excluding carboxylic acids is 2. The van der Waals surface area contributed by atoms with Crippen LogP contribution in [0, 0.1) is 20.8 Å². The van der Waals surface area contributed by atoms with Gasteiger partial charge in [-0.05, 0) is 44.0 Å².